The Morgan fingerprint density at radius 3 is 1.71 bits per heavy atom. The van der Waals surface area contributed by atoms with Crippen molar-refractivity contribution < 1.29 is 19.1 Å². The minimum Gasteiger partial charge on any atom is -0.480 e. The summed E-state index contributed by atoms with van der Waals surface area (Å²) in [6, 6.07) is 11.7. The third-order valence-electron chi connectivity index (χ3n) is 8.66. The Hall–Kier alpha value is -4.36. The van der Waals surface area contributed by atoms with Gasteiger partial charge in [0, 0.05) is 66.8 Å². The van der Waals surface area contributed by atoms with Gasteiger partial charge in [0.1, 0.15) is 11.4 Å². The molecule has 2 aliphatic rings. The van der Waals surface area contributed by atoms with Crippen LogP contribution >= 0.6 is 23.2 Å². The minimum atomic E-state index is 0.0807. The first kappa shape index (κ1) is 34.5. The second-order valence-corrected chi connectivity index (χ2v) is 12.7. The topological polar surface area (TPSA) is 152 Å². The van der Waals surface area contributed by atoms with Gasteiger partial charge in [-0.05, 0) is 25.8 Å². The van der Waals surface area contributed by atoms with Crippen LogP contribution in [0.1, 0.15) is 43.5 Å². The Morgan fingerprint density at radius 2 is 1.22 bits per heavy atom. The lowest BCUT2D eigenvalue weighted by molar-refractivity contribution is -0.120. The van der Waals surface area contributed by atoms with E-state index in [1.165, 1.54) is 0 Å². The van der Waals surface area contributed by atoms with Crippen LogP contribution in [-0.4, -0.2) is 71.1 Å². The fourth-order valence-corrected chi connectivity index (χ4v) is 6.72. The largest absolute Gasteiger partial charge is 0.480 e. The summed E-state index contributed by atoms with van der Waals surface area (Å²) in [6.45, 7) is 2.27. The van der Waals surface area contributed by atoms with E-state index in [4.69, 9.17) is 42.6 Å². The van der Waals surface area contributed by atoms with Gasteiger partial charge >= 0.3 is 0 Å². The number of carbonyl (C=O) groups excluding carboxylic acids is 2. The van der Waals surface area contributed by atoms with Gasteiger partial charge in [-0.1, -0.05) is 59.6 Å². The number of nitrogens with one attached hydrogen (secondary N) is 4. The number of methoxy groups -OCH3 is 2. The number of nitrogens with zero attached hydrogens (tertiary/aromatic N) is 4. The number of amides is 2. The first-order chi connectivity index (χ1) is 23.8. The highest BCUT2D eigenvalue weighted by molar-refractivity contribution is 6.39. The fraction of sp³-hybridized carbons (Fsp3) is 0.371. The molecule has 2 atom stereocenters. The average molecular weight is 706 g/mol. The molecule has 2 fully saturated rings. The molecule has 4 heterocycles. The predicted octanol–water partition coefficient (Wildman–Crippen LogP) is 4.72. The van der Waals surface area contributed by atoms with E-state index < -0.39 is 0 Å². The van der Waals surface area contributed by atoms with E-state index in [0.717, 1.165) is 36.9 Å². The van der Waals surface area contributed by atoms with Gasteiger partial charge < -0.3 is 30.7 Å². The molecule has 0 spiro atoms. The Morgan fingerprint density at radius 1 is 0.735 bits per heavy atom. The van der Waals surface area contributed by atoms with Gasteiger partial charge in [0.05, 0.1) is 48.0 Å². The maximum Gasteiger partial charge on any atom is 0.237 e. The molecule has 2 aliphatic heterocycles. The van der Waals surface area contributed by atoms with Crippen LogP contribution in [0.4, 0.5) is 0 Å². The van der Waals surface area contributed by atoms with E-state index in [1.54, 1.807) is 26.6 Å². The maximum absolute atomic E-state index is 11.5. The first-order valence-corrected chi connectivity index (χ1v) is 17.0. The summed E-state index contributed by atoms with van der Waals surface area (Å²) < 4.78 is 11.2. The van der Waals surface area contributed by atoms with Gasteiger partial charge in [0.25, 0.3) is 0 Å². The lowest BCUT2D eigenvalue weighted by Gasteiger charge is -2.15. The average Bonchev–Trinajstić information content (AvgIpc) is 3.74. The van der Waals surface area contributed by atoms with Crippen LogP contribution in [0.15, 0.2) is 48.8 Å². The molecule has 2 aromatic carbocycles. The molecule has 6 rings (SSSR count). The normalized spacial score (nSPS) is 17.2. The van der Waals surface area contributed by atoms with Gasteiger partial charge in [-0.25, -0.2) is 9.97 Å². The molecule has 0 unspecified atom stereocenters. The van der Waals surface area contributed by atoms with Crippen molar-refractivity contribution in [1.29, 1.82) is 0 Å². The molecule has 4 aromatic rings. The van der Waals surface area contributed by atoms with Crippen molar-refractivity contribution in [2.24, 2.45) is 0 Å². The molecule has 4 N–H and O–H groups in total. The summed E-state index contributed by atoms with van der Waals surface area (Å²) >= 11 is 14.1. The first-order valence-electron chi connectivity index (χ1n) is 16.2. The van der Waals surface area contributed by atoms with Crippen molar-refractivity contribution in [3.63, 3.8) is 0 Å². The number of aromatic nitrogens is 4. The zero-order valence-electron chi connectivity index (χ0n) is 27.3. The molecule has 0 radical (unpaired) electrons. The highest BCUT2D eigenvalue weighted by Gasteiger charge is 2.22. The molecular weight excluding hydrogens is 667 g/mol. The molecule has 0 aliphatic carbocycles. The van der Waals surface area contributed by atoms with Gasteiger partial charge in [0.15, 0.2) is 0 Å². The van der Waals surface area contributed by atoms with Crippen LogP contribution in [0.25, 0.3) is 33.6 Å². The number of halogens is 2. The second kappa shape index (κ2) is 15.9. The van der Waals surface area contributed by atoms with Crippen molar-refractivity contribution >= 4 is 35.0 Å². The molecule has 12 nitrogen and oxygen atoms in total. The van der Waals surface area contributed by atoms with Gasteiger partial charge in [0.2, 0.25) is 23.6 Å². The van der Waals surface area contributed by atoms with Crippen LogP contribution in [0.3, 0.4) is 0 Å². The number of hydrogen-bond acceptors (Lipinski definition) is 10. The molecule has 49 heavy (non-hydrogen) atoms. The number of rotatable bonds is 14. The predicted molar refractivity (Wildman–Crippen MR) is 187 cm³/mol. The SMILES string of the molecule is COc1nc(-c2cccc(-c3cccc(-c4cnc(CNC[C@@H]5CCC(=O)N5)c(OC)n4)c3Cl)c2Cl)cnc1CNCC[C@H]1CCC(=O)N1. The van der Waals surface area contributed by atoms with Crippen LogP contribution < -0.4 is 30.7 Å². The van der Waals surface area contributed by atoms with E-state index in [0.29, 0.717) is 88.2 Å². The lowest BCUT2D eigenvalue weighted by atomic mass is 9.98. The number of benzene rings is 2. The smallest absolute Gasteiger partial charge is 0.237 e. The van der Waals surface area contributed by atoms with E-state index in [1.807, 2.05) is 36.4 Å². The van der Waals surface area contributed by atoms with E-state index >= 15 is 0 Å². The summed E-state index contributed by atoms with van der Waals surface area (Å²) in [4.78, 5) is 41.6. The van der Waals surface area contributed by atoms with E-state index in [2.05, 4.69) is 31.2 Å². The van der Waals surface area contributed by atoms with Gasteiger partial charge in [-0.15, -0.1) is 0 Å². The molecule has 256 valence electrons. The molecule has 0 saturated carbocycles. The molecule has 0 bridgehead atoms. The zero-order valence-corrected chi connectivity index (χ0v) is 28.8. The Kier molecular flexibility index (Phi) is 11.2. The second-order valence-electron chi connectivity index (χ2n) is 12.0. The van der Waals surface area contributed by atoms with Crippen molar-refractivity contribution in [3.8, 4) is 45.4 Å². The van der Waals surface area contributed by atoms with E-state index in [-0.39, 0.29) is 23.9 Å². The number of hydrogen-bond donors (Lipinski definition) is 4. The Labute approximate surface area is 294 Å². The minimum absolute atomic E-state index is 0.0807. The highest BCUT2D eigenvalue weighted by Crippen LogP contribution is 2.42. The summed E-state index contributed by atoms with van der Waals surface area (Å²) in [5, 5.41) is 13.6. The molecule has 2 amide bonds. The van der Waals surface area contributed by atoms with Crippen LogP contribution in [0.2, 0.25) is 10.0 Å². The maximum atomic E-state index is 11.5. The third-order valence-corrected chi connectivity index (χ3v) is 9.48. The van der Waals surface area contributed by atoms with Crippen molar-refractivity contribution in [2.45, 2.75) is 57.3 Å². The summed E-state index contributed by atoms with van der Waals surface area (Å²) in [7, 11) is 3.12. The van der Waals surface area contributed by atoms with E-state index in [9.17, 15) is 9.59 Å². The summed E-state index contributed by atoms with van der Waals surface area (Å²) in [6.07, 6.45) is 7.02. The van der Waals surface area contributed by atoms with Crippen molar-refractivity contribution in [2.75, 3.05) is 27.3 Å². The molecule has 2 saturated heterocycles. The quantitative estimate of drug-likeness (QED) is 0.136. The van der Waals surface area contributed by atoms with Crippen LogP contribution in [0.5, 0.6) is 11.8 Å². The highest BCUT2D eigenvalue weighted by atomic mass is 35.5. The molecule has 2 aromatic heterocycles. The molecular formula is C35H38Cl2N8O4. The van der Waals surface area contributed by atoms with Crippen molar-refractivity contribution in [1.82, 2.24) is 41.2 Å². The van der Waals surface area contributed by atoms with Crippen LogP contribution in [0, 0.1) is 0 Å². The van der Waals surface area contributed by atoms with Gasteiger partial charge in [-0.3, -0.25) is 19.6 Å². The van der Waals surface area contributed by atoms with Gasteiger partial charge in [-0.2, -0.15) is 0 Å². The zero-order chi connectivity index (χ0) is 34.3. The van der Waals surface area contributed by atoms with Crippen LogP contribution in [-0.2, 0) is 22.7 Å². The number of ether oxygens (including phenoxy) is 2. The summed E-state index contributed by atoms with van der Waals surface area (Å²) in [5.74, 6) is 0.980. The Bertz CT molecular complexity index is 1840. The fourth-order valence-electron chi connectivity index (χ4n) is 6.07. The molecule has 14 heteroatoms. The third kappa shape index (κ3) is 8.10. The monoisotopic (exact) mass is 704 g/mol. The number of carbonyl (C=O) groups is 2. The summed E-state index contributed by atoms with van der Waals surface area (Å²) in [5.41, 5.74) is 5.22. The Balaban J connectivity index is 1.18. The standard InChI is InChI=1S/C35H38Cl2N8O4/c1-48-34-28(16-38-14-13-20-9-11-30(46)42-20)40-18-26(44-34)24-7-3-5-22(32(24)36)23-6-4-8-25(33(23)37)27-19-41-29(35(45-27)49-2)17-39-15-21-10-12-31(47)43-21/h3-8,18-21,38-39H,9-17H2,1-2H3,(H,42,46)(H,43,47)/t20-,21+/m1/s1. The lowest BCUT2D eigenvalue weighted by Crippen LogP contribution is -2.35. The van der Waals surface area contributed by atoms with Crippen molar-refractivity contribution in [3.05, 3.63) is 70.2 Å².